The standard InChI is InChI=1S/C72H93N26O36P7S7/c1-6-32-33(7-49(121-32)95-25-81-53-57(73)77-23-79-59(53)95)129-136(108,143)115-18-41-35(8-46(122-41)92-14-29(2)63(99)89-70(92)104)131-138(110,145)117-19-42-37(10-48(123-42)94-16-31(4)65(101)91-72(94)106)132-139(111,146)119-21-44-39(13-52(126-44)98-28-84-56-62(98)86-69(76)88-67(56)103)134-141(113,148)120-22-45-38(12-51(127-45)97-27-83-55-61(97)85-68(75)87-66(55)102)133-140(112,147)118-20-43-36(9-47(124-43)93-15-30(3)64(100)90-71(93)105)130-137(109,144)116-17-40-34(128-135(107,142)114-5)11-50(125-40)96-26-82-54-58(74)78-24-80-60(54)96/h14-16,23-28,32-52H,6-13,17-22H2,1-5H3,(H,107,142)(H,108,143)(H,109,144)(H,110,145)(H,111,146)(H,112,147)(H,113,148)(H2,73,77,79)(H2,74,78,80)(H,89,99,104)(H,90,100,105)(H,91,101,106)(H3,75,85,87,102)(H3,76,86,88,103)/p-7/t32-,33?,34?,35?,36?,37?,38?,39?,40-,41-,42-,43-,44-,45-,46-,47-,48-,49-,50-,51-,52-,135?,136?,137?,138?,139?,140?,141?/m1/s1. The predicted molar refractivity (Wildman–Crippen MR) is 520 cm³/mol. The number of aromatic amines is 5. The molecule has 0 bridgehead atoms. The lowest BCUT2D eigenvalue weighted by atomic mass is 10.1. The molecule has 0 amide bonds. The molecular weight excluding hydrogens is 2250 g/mol. The summed E-state index contributed by atoms with van der Waals surface area (Å²) in [5.41, 5.74) is 17.7. The van der Waals surface area contributed by atoms with Crippen molar-refractivity contribution in [2.24, 2.45) is 0 Å². The summed E-state index contributed by atoms with van der Waals surface area (Å²) in [5, 5.41) is 0. The summed E-state index contributed by atoms with van der Waals surface area (Å²) < 4.78 is 149. The van der Waals surface area contributed by atoms with Crippen molar-refractivity contribution in [3.05, 3.63) is 156 Å². The van der Waals surface area contributed by atoms with E-state index in [0.717, 1.165) is 45.9 Å². The zero-order chi connectivity index (χ0) is 106. The molecule has 14 unspecified atom stereocenters. The molecule has 7 saturated heterocycles. The van der Waals surface area contributed by atoms with Crippen molar-refractivity contribution in [3.8, 4) is 0 Å². The average molecular weight is 2330 g/mol. The number of hydrogen-bond acceptors (Lipinski definition) is 57. The maximum absolute atomic E-state index is 15.1. The van der Waals surface area contributed by atoms with Crippen LogP contribution in [0.2, 0.25) is 0 Å². The van der Waals surface area contributed by atoms with E-state index in [1.807, 2.05) is 0 Å². The van der Waals surface area contributed by atoms with Crippen LogP contribution in [0, 0.1) is 20.8 Å². The molecule has 62 nitrogen and oxygen atoms in total. The molecule has 18 heterocycles. The van der Waals surface area contributed by atoms with Crippen LogP contribution in [0.5, 0.6) is 0 Å². The lowest BCUT2D eigenvalue weighted by Gasteiger charge is -2.36. The smallest absolute Gasteiger partial charge is 0.330 e. The molecule has 0 saturated carbocycles. The normalized spacial score (nSPS) is 29.3. The number of hydrogen-bond donors (Lipinski definition) is 9. The van der Waals surface area contributed by atoms with Crippen molar-refractivity contribution in [2.75, 3.05) is 69.7 Å². The Labute approximate surface area is 864 Å². The van der Waals surface area contributed by atoms with Crippen LogP contribution in [0.4, 0.5) is 23.5 Å². The Bertz CT molecular complexity index is 7810. The zero-order valence-electron chi connectivity index (χ0n) is 76.8. The van der Waals surface area contributed by atoms with E-state index in [9.17, 15) is 62.5 Å². The van der Waals surface area contributed by atoms with E-state index < -0.39 is 293 Å². The highest BCUT2D eigenvalue weighted by molar-refractivity contribution is 8.32. The minimum atomic E-state index is -5.09. The number of ether oxygens (including phenoxy) is 7. The van der Waals surface area contributed by atoms with E-state index in [1.54, 1.807) is 11.5 Å². The number of nitrogens with two attached hydrogens (primary N) is 4. The van der Waals surface area contributed by atoms with Crippen molar-refractivity contribution in [1.82, 2.24) is 107 Å². The molecule has 0 spiro atoms. The second kappa shape index (κ2) is 44.0. The molecule has 7 fully saturated rings. The molecule has 18 rings (SSSR count). The first-order chi connectivity index (χ1) is 69.9. The Morgan fingerprint density at radius 3 is 0.892 bits per heavy atom. The number of aromatic nitrogens is 22. The van der Waals surface area contributed by atoms with E-state index in [2.05, 4.69) is 74.8 Å². The van der Waals surface area contributed by atoms with Crippen LogP contribution in [0.15, 0.2) is 94.9 Å². The summed E-state index contributed by atoms with van der Waals surface area (Å²) in [6.07, 6.45) is -19.5. The number of imidazole rings is 4. The monoisotopic (exact) mass is 2330 g/mol. The first-order valence-corrected chi connectivity index (χ1v) is 62.0. The van der Waals surface area contributed by atoms with Crippen LogP contribution in [-0.2, 0) is 184 Å². The van der Waals surface area contributed by atoms with Crippen molar-refractivity contribution < 1.29 is 130 Å². The van der Waals surface area contributed by atoms with Gasteiger partial charge in [-0.3, -0.25) is 85.4 Å². The van der Waals surface area contributed by atoms with Crippen molar-refractivity contribution >= 4 is 198 Å². The quantitative estimate of drug-likeness (QED) is 0.0135. The van der Waals surface area contributed by atoms with Crippen molar-refractivity contribution in [1.29, 1.82) is 0 Å². The van der Waals surface area contributed by atoms with E-state index in [-0.39, 0.29) is 86.6 Å². The Balaban J connectivity index is 0.564. The number of nitrogens with one attached hydrogen (secondary N) is 5. The van der Waals surface area contributed by atoms with E-state index in [1.165, 1.54) is 66.0 Å². The summed E-state index contributed by atoms with van der Waals surface area (Å²) in [6, 6.07) is 0. The van der Waals surface area contributed by atoms with Gasteiger partial charge in [0.1, 0.15) is 144 Å². The number of H-pyrrole nitrogens is 5. The lowest BCUT2D eigenvalue weighted by molar-refractivity contribution is -0.221. The number of anilines is 4. The first-order valence-electron chi connectivity index (χ1n) is 44.1. The van der Waals surface area contributed by atoms with Gasteiger partial charge in [0.15, 0.2) is 52.1 Å². The number of fused-ring (bicyclic) bond motifs is 4. The van der Waals surface area contributed by atoms with Gasteiger partial charge in [0.25, 0.3) is 27.8 Å². The van der Waals surface area contributed by atoms with Crippen molar-refractivity contribution in [3.63, 3.8) is 0 Å². The van der Waals surface area contributed by atoms with Gasteiger partial charge in [-0.05, 0) is 27.2 Å². The highest BCUT2D eigenvalue weighted by Crippen LogP contribution is 2.57. The SMILES string of the molecule is CC[C@H]1O[C@@H](n2cnc3c(N)ncnc32)CC1OP([O-])(=S)OC[C@H]1O[C@@H](n2cc(C)c(=O)[nH]c2=O)CC1OP(=O)([S-])OC[C@H]1O[C@@H](n2cc(C)c(=O)[nH]c2=O)CC1OP([O-])(=S)OC[C@H]1O[C@@H](n2cnc3c(=O)[nH]c(N)nc32)CC1OP([O-])(=S)OC[C@H]1O[C@@H](n2cnc3c(=O)[nH]c(N)nc32)CC1OP([O-])(=S)OC[C@H]1O[C@@H](n2cc(C)c(=O)[nH]c2=O)CC1OP([O-])(=S)OC[C@H]1O[C@@H](n2cnc3c(N)ncnc32)CC1OP([O-])(=S)OC. The molecular formula is C72H86N26O36P7S7-7. The van der Waals surface area contributed by atoms with E-state index in [4.69, 9.17) is 203 Å². The van der Waals surface area contributed by atoms with Gasteiger partial charge >= 0.3 is 17.1 Å². The van der Waals surface area contributed by atoms with Gasteiger partial charge in [0, 0.05) is 87.3 Å². The van der Waals surface area contributed by atoms with E-state index >= 15 is 9.79 Å². The van der Waals surface area contributed by atoms with Crippen LogP contribution in [0.3, 0.4) is 0 Å². The van der Waals surface area contributed by atoms with Crippen LogP contribution in [-0.4, -0.2) is 239 Å². The maximum Gasteiger partial charge on any atom is 0.330 e. The van der Waals surface area contributed by atoms with E-state index in [0.29, 0.717) is 17.6 Å². The third kappa shape index (κ3) is 24.8. The highest BCUT2D eigenvalue weighted by Gasteiger charge is 2.50. The summed E-state index contributed by atoms with van der Waals surface area (Å²) in [6.45, 7) is -33.0. The molecule has 0 aromatic carbocycles. The number of aryl methyl sites for hydroxylation is 3. The van der Waals surface area contributed by atoms with Gasteiger partial charge in [0.05, 0.1) is 114 Å². The maximum atomic E-state index is 15.1. The molecule has 148 heavy (non-hydrogen) atoms. The van der Waals surface area contributed by atoms with Gasteiger partial charge in [-0.25, -0.2) is 54.3 Å². The Morgan fingerprint density at radius 1 is 0.351 bits per heavy atom. The van der Waals surface area contributed by atoms with Crippen molar-refractivity contribution in [2.45, 2.75) is 208 Å². The molecule has 804 valence electrons. The van der Waals surface area contributed by atoms with Crippen LogP contribution in [0.1, 0.15) is 119 Å². The number of rotatable bonds is 41. The number of nitrogens with zero attached hydrogens (tertiary/aromatic N) is 17. The zero-order valence-corrected chi connectivity index (χ0v) is 88.8. The summed E-state index contributed by atoms with van der Waals surface area (Å²) in [4.78, 5) is 245. The second-order valence-corrected chi connectivity index (χ2v) is 53.3. The molecule has 7 aliphatic heterocycles. The summed E-state index contributed by atoms with van der Waals surface area (Å²) in [7, 11) is 1.05. The fourth-order valence-electron chi connectivity index (χ4n) is 17.4. The molecule has 76 heteroatoms. The van der Waals surface area contributed by atoms with Crippen LogP contribution in [0.25, 0.3) is 44.7 Å². The fourth-order valence-corrected chi connectivity index (χ4v) is 27.1. The molecule has 0 radical (unpaired) electrons. The van der Waals surface area contributed by atoms with Gasteiger partial charge < -0.3 is 161 Å². The Hall–Kier alpha value is -7.56. The van der Waals surface area contributed by atoms with Gasteiger partial charge in [-0.2, -0.15) is 9.97 Å². The molecule has 28 atom stereocenters. The minimum Gasteiger partial charge on any atom is -0.780 e. The first kappa shape index (κ1) is 110. The molecule has 0 aliphatic carbocycles. The van der Waals surface area contributed by atoms with Crippen LogP contribution >= 0.6 is 47.1 Å². The Kier molecular flexibility index (Phi) is 32.8. The third-order valence-corrected chi connectivity index (χ3v) is 35.5. The van der Waals surface area contributed by atoms with Gasteiger partial charge in [-0.15, -0.1) is 0 Å². The second-order valence-electron chi connectivity index (χ2n) is 34.2. The molecule has 13 N–H and O–H groups in total. The summed E-state index contributed by atoms with van der Waals surface area (Å²) in [5.74, 6) is -0.585. The highest BCUT2D eigenvalue weighted by atomic mass is 32.7. The predicted octanol–water partition coefficient (Wildman–Crippen LogP) is -3.13. The van der Waals surface area contributed by atoms with Crippen LogP contribution < -0.4 is 97.2 Å². The molecule has 11 aromatic heterocycles. The molecule has 11 aromatic rings. The fraction of sp³-hybridized carbons (Fsp3) is 0.556. The largest absolute Gasteiger partial charge is 0.780 e. The average Bonchev–Trinajstić information content (AvgIpc) is 1.62. The van der Waals surface area contributed by atoms with Gasteiger partial charge in [-0.1, -0.05) is 77.8 Å². The molecule has 7 aliphatic rings. The third-order valence-electron chi connectivity index (χ3n) is 24.4. The summed E-state index contributed by atoms with van der Waals surface area (Å²) >= 11 is 38.1. The Morgan fingerprint density at radius 2 is 0.601 bits per heavy atom. The minimum absolute atomic E-state index is 0.00629. The van der Waals surface area contributed by atoms with Gasteiger partial charge in [0.2, 0.25) is 11.9 Å². The lowest BCUT2D eigenvalue weighted by Crippen LogP contribution is -2.34. The number of nitrogen functional groups attached to an aromatic ring is 4. The topological polar surface area (TPSA) is 832 Å².